The molecule has 2 rings (SSSR count). The fourth-order valence-electron chi connectivity index (χ4n) is 2.57. The summed E-state index contributed by atoms with van der Waals surface area (Å²) in [4.78, 5) is -0.295. The molecular weight excluding hydrogens is 267 g/mol. The Morgan fingerprint density at radius 2 is 1.95 bits per heavy atom. The molecule has 0 aromatic heterocycles. The molecule has 0 aliphatic heterocycles. The Morgan fingerprint density at radius 3 is 2.63 bits per heavy atom. The molecule has 1 saturated carbocycles. The van der Waals surface area contributed by atoms with Crippen molar-refractivity contribution >= 4 is 10.0 Å². The minimum Gasteiger partial charge on any atom is -0.330 e. The van der Waals surface area contributed by atoms with E-state index in [9.17, 15) is 12.8 Å². The average molecular weight is 286 g/mol. The molecule has 3 N–H and O–H groups in total. The van der Waals surface area contributed by atoms with Crippen LogP contribution in [0.15, 0.2) is 29.2 Å². The monoisotopic (exact) mass is 286 g/mol. The van der Waals surface area contributed by atoms with E-state index in [1.807, 2.05) is 0 Å². The summed E-state index contributed by atoms with van der Waals surface area (Å²) in [7, 11) is -3.81. The van der Waals surface area contributed by atoms with Crippen LogP contribution in [0, 0.1) is 11.7 Å². The molecule has 1 aromatic carbocycles. The highest BCUT2D eigenvalue weighted by molar-refractivity contribution is 7.89. The first-order valence-corrected chi connectivity index (χ1v) is 8.00. The van der Waals surface area contributed by atoms with Gasteiger partial charge in [-0.15, -0.1) is 0 Å². The summed E-state index contributed by atoms with van der Waals surface area (Å²) < 4.78 is 40.6. The molecule has 1 aliphatic rings. The predicted octanol–water partition coefficient (Wildman–Crippen LogP) is 1.62. The van der Waals surface area contributed by atoms with E-state index in [4.69, 9.17) is 5.73 Å². The summed E-state index contributed by atoms with van der Waals surface area (Å²) in [6.07, 6.45) is 3.72. The first-order chi connectivity index (χ1) is 9.04. The van der Waals surface area contributed by atoms with E-state index >= 15 is 0 Å². The zero-order valence-corrected chi connectivity index (χ0v) is 11.5. The van der Waals surface area contributed by atoms with E-state index in [1.54, 1.807) is 0 Å². The number of halogens is 1. The Labute approximate surface area is 113 Å². The Balaban J connectivity index is 2.19. The summed E-state index contributed by atoms with van der Waals surface area (Å²) in [6.45, 7) is 0.449. The molecule has 19 heavy (non-hydrogen) atoms. The zero-order chi connectivity index (χ0) is 13.9. The van der Waals surface area contributed by atoms with Gasteiger partial charge in [-0.25, -0.2) is 17.5 Å². The zero-order valence-electron chi connectivity index (χ0n) is 10.7. The number of sulfonamides is 1. The first-order valence-electron chi connectivity index (χ1n) is 6.51. The lowest BCUT2D eigenvalue weighted by Gasteiger charge is -2.31. The fraction of sp³-hybridized carbons (Fsp3) is 0.538. The van der Waals surface area contributed by atoms with Crippen molar-refractivity contribution in [2.45, 2.75) is 36.6 Å². The molecule has 0 bridgehead atoms. The van der Waals surface area contributed by atoms with Gasteiger partial charge < -0.3 is 5.73 Å². The summed E-state index contributed by atoms with van der Waals surface area (Å²) in [6, 6.07) is 5.22. The molecule has 2 unspecified atom stereocenters. The SMILES string of the molecule is NCC1CCCCC1NS(=O)(=O)c1ccccc1F. The predicted molar refractivity (Wildman–Crippen MR) is 71.5 cm³/mol. The fourth-order valence-corrected chi connectivity index (χ4v) is 3.99. The van der Waals surface area contributed by atoms with Gasteiger partial charge in [0.1, 0.15) is 10.7 Å². The maximum Gasteiger partial charge on any atom is 0.243 e. The smallest absolute Gasteiger partial charge is 0.243 e. The molecule has 106 valence electrons. The van der Waals surface area contributed by atoms with Crippen LogP contribution in [0.5, 0.6) is 0 Å². The lowest BCUT2D eigenvalue weighted by atomic mass is 9.85. The van der Waals surface area contributed by atoms with Gasteiger partial charge in [-0.3, -0.25) is 0 Å². The van der Waals surface area contributed by atoms with Crippen LogP contribution in [0.4, 0.5) is 4.39 Å². The number of hydrogen-bond acceptors (Lipinski definition) is 3. The molecular formula is C13H19FN2O2S. The molecule has 0 heterocycles. The number of benzene rings is 1. The van der Waals surface area contributed by atoms with E-state index in [0.717, 1.165) is 31.7 Å². The molecule has 2 atom stereocenters. The Hall–Kier alpha value is -0.980. The highest BCUT2D eigenvalue weighted by Crippen LogP contribution is 2.25. The molecule has 0 saturated heterocycles. The van der Waals surface area contributed by atoms with Gasteiger partial charge in [0.25, 0.3) is 0 Å². The Kier molecular flexibility index (Phi) is 4.54. The second-order valence-electron chi connectivity index (χ2n) is 4.94. The molecule has 0 spiro atoms. The molecule has 6 heteroatoms. The third kappa shape index (κ3) is 3.32. The lowest BCUT2D eigenvalue weighted by Crippen LogP contribution is -2.44. The van der Waals surface area contributed by atoms with Crippen LogP contribution >= 0.6 is 0 Å². The third-order valence-corrected chi connectivity index (χ3v) is 5.17. The van der Waals surface area contributed by atoms with Crippen LogP contribution in [0.3, 0.4) is 0 Å². The Morgan fingerprint density at radius 1 is 1.26 bits per heavy atom. The van der Waals surface area contributed by atoms with Crippen molar-refractivity contribution in [1.29, 1.82) is 0 Å². The van der Waals surface area contributed by atoms with E-state index < -0.39 is 15.8 Å². The van der Waals surface area contributed by atoms with E-state index in [0.29, 0.717) is 6.54 Å². The molecule has 1 aromatic rings. The van der Waals surface area contributed by atoms with Gasteiger partial charge >= 0.3 is 0 Å². The van der Waals surface area contributed by atoms with Crippen LogP contribution in [-0.2, 0) is 10.0 Å². The normalized spacial score (nSPS) is 24.3. The largest absolute Gasteiger partial charge is 0.330 e. The van der Waals surface area contributed by atoms with E-state index in [1.165, 1.54) is 18.2 Å². The van der Waals surface area contributed by atoms with Crippen molar-refractivity contribution in [3.8, 4) is 0 Å². The van der Waals surface area contributed by atoms with Gasteiger partial charge in [0.2, 0.25) is 10.0 Å². The topological polar surface area (TPSA) is 72.2 Å². The van der Waals surface area contributed by atoms with Crippen LogP contribution < -0.4 is 10.5 Å². The van der Waals surface area contributed by atoms with Crippen molar-refractivity contribution in [2.75, 3.05) is 6.54 Å². The van der Waals surface area contributed by atoms with Crippen molar-refractivity contribution < 1.29 is 12.8 Å². The first kappa shape index (κ1) is 14.4. The minimum absolute atomic E-state index is 0.135. The molecule has 1 fully saturated rings. The summed E-state index contributed by atoms with van der Waals surface area (Å²) >= 11 is 0. The quantitative estimate of drug-likeness (QED) is 0.883. The van der Waals surface area contributed by atoms with Crippen LogP contribution in [0.25, 0.3) is 0 Å². The van der Waals surface area contributed by atoms with Crippen molar-refractivity contribution in [3.63, 3.8) is 0 Å². The number of hydrogen-bond donors (Lipinski definition) is 2. The van der Waals surface area contributed by atoms with Crippen molar-refractivity contribution in [3.05, 3.63) is 30.1 Å². The number of rotatable bonds is 4. The maximum atomic E-state index is 13.6. The lowest BCUT2D eigenvalue weighted by molar-refractivity contribution is 0.296. The standard InChI is InChI=1S/C13H19FN2O2S/c14-11-6-2-4-8-13(11)19(17,18)16-12-7-3-1-5-10(12)9-15/h2,4,6,8,10,12,16H,1,3,5,7,9,15H2. The van der Waals surface area contributed by atoms with E-state index in [-0.39, 0.29) is 16.9 Å². The van der Waals surface area contributed by atoms with Crippen molar-refractivity contribution in [1.82, 2.24) is 4.72 Å². The van der Waals surface area contributed by atoms with Gasteiger partial charge in [-0.1, -0.05) is 25.0 Å². The van der Waals surface area contributed by atoms with Crippen LogP contribution in [-0.4, -0.2) is 21.0 Å². The molecule has 4 nitrogen and oxygen atoms in total. The van der Waals surface area contributed by atoms with E-state index in [2.05, 4.69) is 4.72 Å². The van der Waals surface area contributed by atoms with Gasteiger partial charge in [0.05, 0.1) is 0 Å². The Bertz CT molecular complexity index is 533. The van der Waals surface area contributed by atoms with Gasteiger partial charge in [-0.05, 0) is 37.4 Å². The molecule has 0 radical (unpaired) electrons. The highest BCUT2D eigenvalue weighted by atomic mass is 32.2. The summed E-state index contributed by atoms with van der Waals surface area (Å²) in [5.74, 6) is -0.592. The summed E-state index contributed by atoms with van der Waals surface area (Å²) in [5.41, 5.74) is 5.67. The third-order valence-electron chi connectivity index (χ3n) is 3.64. The summed E-state index contributed by atoms with van der Waals surface area (Å²) in [5, 5.41) is 0. The van der Waals surface area contributed by atoms with Crippen molar-refractivity contribution in [2.24, 2.45) is 11.7 Å². The number of nitrogens with one attached hydrogen (secondary N) is 1. The van der Waals surface area contributed by atoms with Gasteiger partial charge in [-0.2, -0.15) is 0 Å². The molecule has 0 amide bonds. The second kappa shape index (κ2) is 5.98. The average Bonchev–Trinajstić information content (AvgIpc) is 2.39. The molecule has 1 aliphatic carbocycles. The van der Waals surface area contributed by atoms with Gasteiger partial charge in [0, 0.05) is 6.04 Å². The van der Waals surface area contributed by atoms with Crippen LogP contribution in [0.1, 0.15) is 25.7 Å². The van der Waals surface area contributed by atoms with Crippen LogP contribution in [0.2, 0.25) is 0 Å². The second-order valence-corrected chi connectivity index (χ2v) is 6.62. The number of nitrogens with two attached hydrogens (primary N) is 1. The van der Waals surface area contributed by atoms with Gasteiger partial charge in [0.15, 0.2) is 0 Å². The minimum atomic E-state index is -3.81. The maximum absolute atomic E-state index is 13.6. The highest BCUT2D eigenvalue weighted by Gasteiger charge is 2.29.